The minimum Gasteiger partial charge on any atom is -0.406 e. The monoisotopic (exact) mass is 555 g/mol. The molecule has 206 valence electrons. The lowest BCUT2D eigenvalue weighted by Gasteiger charge is -2.44. The highest BCUT2D eigenvalue weighted by Gasteiger charge is 2.54. The van der Waals surface area contributed by atoms with Crippen LogP contribution < -0.4 is 10.4 Å². The van der Waals surface area contributed by atoms with Crippen molar-refractivity contribution in [3.8, 4) is 0 Å². The number of rotatable bonds is 10. The molecular formula is C28H41N5O3SSi. The Morgan fingerprint density at radius 1 is 1.00 bits per heavy atom. The van der Waals surface area contributed by atoms with Crippen molar-refractivity contribution in [2.75, 3.05) is 13.2 Å². The highest BCUT2D eigenvalue weighted by atomic mass is 32.1. The largest absolute Gasteiger partial charge is 0.406 e. The number of benzene rings is 2. The van der Waals surface area contributed by atoms with Crippen molar-refractivity contribution in [3.05, 3.63) is 66.5 Å². The van der Waals surface area contributed by atoms with Crippen LogP contribution in [0, 0.1) is 0 Å². The Kier molecular flexibility index (Phi) is 9.11. The van der Waals surface area contributed by atoms with E-state index in [9.17, 15) is 10.2 Å². The van der Waals surface area contributed by atoms with Gasteiger partial charge >= 0.3 is 0 Å². The summed E-state index contributed by atoms with van der Waals surface area (Å²) >= 11 is 4.85. The van der Waals surface area contributed by atoms with Gasteiger partial charge in [-0.3, -0.25) is 4.90 Å². The van der Waals surface area contributed by atoms with Crippen LogP contribution >= 0.6 is 12.6 Å². The number of aryl methyl sites for hydroxylation is 1. The first-order valence-electron chi connectivity index (χ1n) is 13.4. The van der Waals surface area contributed by atoms with Gasteiger partial charge in [-0.1, -0.05) is 94.8 Å². The fraction of sp³-hybridized carbons (Fsp3) is 0.536. The molecule has 0 bridgehead atoms. The van der Waals surface area contributed by atoms with Crippen LogP contribution in [-0.2, 0) is 11.5 Å². The average Bonchev–Trinajstić information content (AvgIpc) is 3.44. The van der Waals surface area contributed by atoms with E-state index in [0.29, 0.717) is 12.4 Å². The molecular weight excluding hydrogens is 514 g/mol. The molecule has 1 fully saturated rings. The molecule has 2 N–H and O–H groups in total. The van der Waals surface area contributed by atoms with Gasteiger partial charge in [0.05, 0.1) is 36.1 Å². The molecule has 0 saturated carbocycles. The van der Waals surface area contributed by atoms with Gasteiger partial charge in [0.2, 0.25) is 0 Å². The van der Waals surface area contributed by atoms with Gasteiger partial charge in [0.25, 0.3) is 8.32 Å². The standard InChI is InChI=1S/C28H41N5O3SSi/c1-6-7-18-33-22(24(34)25(35)23(33)26(37)27-29-30-31-32(27)5)19-36-38(28(2,3)4,20-14-10-8-11-15-20)21-16-12-9-13-17-21/h8-17,22-26,34-35,37H,6-7,18-19H2,1-5H3/t22-,23+,24-,25-,26+/m1/s1. The summed E-state index contributed by atoms with van der Waals surface area (Å²) in [6, 6.07) is 20.1. The lowest BCUT2D eigenvalue weighted by molar-refractivity contribution is 0.0192. The van der Waals surface area contributed by atoms with Gasteiger partial charge in [-0.2, -0.15) is 12.6 Å². The molecule has 10 heteroatoms. The van der Waals surface area contributed by atoms with Gasteiger partial charge in [0, 0.05) is 7.05 Å². The molecule has 0 aliphatic carbocycles. The number of aromatic nitrogens is 4. The van der Waals surface area contributed by atoms with Gasteiger partial charge in [-0.15, -0.1) is 5.10 Å². The predicted molar refractivity (Wildman–Crippen MR) is 155 cm³/mol. The summed E-state index contributed by atoms with van der Waals surface area (Å²) in [5.74, 6) is 0.555. The van der Waals surface area contributed by atoms with Gasteiger partial charge in [-0.25, -0.2) is 4.68 Å². The van der Waals surface area contributed by atoms with E-state index in [0.717, 1.165) is 12.8 Å². The summed E-state index contributed by atoms with van der Waals surface area (Å²) in [7, 11) is -1.06. The zero-order valence-corrected chi connectivity index (χ0v) is 24.9. The summed E-state index contributed by atoms with van der Waals surface area (Å²) in [4.78, 5) is 2.17. The molecule has 4 rings (SSSR count). The number of likely N-dealkylation sites (tertiary alicyclic amines) is 1. The summed E-state index contributed by atoms with van der Waals surface area (Å²) in [5, 5.41) is 36.3. The predicted octanol–water partition coefficient (Wildman–Crippen LogP) is 2.33. The first kappa shape index (κ1) is 28.9. The second-order valence-corrected chi connectivity index (χ2v) is 16.1. The van der Waals surface area contributed by atoms with E-state index >= 15 is 0 Å². The van der Waals surface area contributed by atoms with Gasteiger partial charge < -0.3 is 14.6 Å². The van der Waals surface area contributed by atoms with Crippen LogP contribution in [0.4, 0.5) is 0 Å². The molecule has 2 aromatic carbocycles. The Morgan fingerprint density at radius 2 is 1.58 bits per heavy atom. The Bertz CT molecular complexity index is 1120. The van der Waals surface area contributed by atoms with Crippen molar-refractivity contribution < 1.29 is 14.6 Å². The smallest absolute Gasteiger partial charge is 0.261 e. The number of unbranched alkanes of at least 4 members (excludes halogenated alkanes) is 1. The SMILES string of the molecule is CCCCN1[C@H]([C@H](S)c2nnnn2C)[C@@H](O)[C@H](O)[C@H]1CO[Si](c1ccccc1)(c1ccccc1)C(C)(C)C. The number of tetrazole rings is 1. The molecule has 1 aliphatic rings. The van der Waals surface area contributed by atoms with Crippen molar-refractivity contribution in [2.24, 2.45) is 7.05 Å². The molecule has 1 aromatic heterocycles. The molecule has 1 saturated heterocycles. The van der Waals surface area contributed by atoms with Gasteiger partial charge in [0.15, 0.2) is 5.82 Å². The molecule has 8 nitrogen and oxygen atoms in total. The number of aliphatic hydroxyl groups excluding tert-OH is 2. The van der Waals surface area contributed by atoms with E-state index in [1.807, 2.05) is 12.1 Å². The van der Waals surface area contributed by atoms with Crippen LogP contribution in [0.15, 0.2) is 60.7 Å². The number of hydrogen-bond acceptors (Lipinski definition) is 8. The minimum absolute atomic E-state index is 0.193. The molecule has 38 heavy (non-hydrogen) atoms. The molecule has 2 heterocycles. The molecule has 0 unspecified atom stereocenters. The normalized spacial score (nSPS) is 23.6. The summed E-state index contributed by atoms with van der Waals surface area (Å²) in [6.45, 7) is 9.83. The second-order valence-electron chi connectivity index (χ2n) is 11.2. The van der Waals surface area contributed by atoms with E-state index in [1.165, 1.54) is 10.4 Å². The topological polar surface area (TPSA) is 96.5 Å². The molecule has 3 aromatic rings. The maximum atomic E-state index is 11.4. The Morgan fingerprint density at radius 3 is 2.05 bits per heavy atom. The number of thiol groups is 1. The first-order chi connectivity index (χ1) is 18.1. The summed E-state index contributed by atoms with van der Waals surface area (Å²) < 4.78 is 8.75. The third-order valence-corrected chi connectivity index (χ3v) is 13.3. The molecule has 0 amide bonds. The van der Waals surface area contributed by atoms with Crippen LogP contribution in [0.5, 0.6) is 0 Å². The van der Waals surface area contributed by atoms with E-state index < -0.39 is 37.9 Å². The molecule has 0 spiro atoms. The van der Waals surface area contributed by atoms with Crippen molar-refractivity contribution in [3.63, 3.8) is 0 Å². The van der Waals surface area contributed by atoms with E-state index in [1.54, 1.807) is 11.7 Å². The third-order valence-electron chi connectivity index (χ3n) is 7.80. The molecule has 0 radical (unpaired) electrons. The third kappa shape index (κ3) is 5.35. The van der Waals surface area contributed by atoms with Crippen molar-refractivity contribution >= 4 is 31.3 Å². The molecule has 5 atom stereocenters. The lowest BCUT2D eigenvalue weighted by Crippen LogP contribution is -2.67. The second kappa shape index (κ2) is 12.0. The van der Waals surface area contributed by atoms with Crippen LogP contribution in [0.2, 0.25) is 5.04 Å². The quantitative estimate of drug-likeness (QED) is 0.261. The summed E-state index contributed by atoms with van der Waals surface area (Å²) in [5.41, 5.74) is 0. The van der Waals surface area contributed by atoms with E-state index in [4.69, 9.17) is 17.1 Å². The van der Waals surface area contributed by atoms with Gasteiger partial charge in [0.1, 0.15) is 0 Å². The zero-order chi connectivity index (χ0) is 27.5. The average molecular weight is 556 g/mol. The first-order valence-corrected chi connectivity index (χ1v) is 15.8. The van der Waals surface area contributed by atoms with Crippen molar-refractivity contribution in [1.29, 1.82) is 0 Å². The van der Waals surface area contributed by atoms with Crippen molar-refractivity contribution in [1.82, 2.24) is 25.1 Å². The zero-order valence-electron chi connectivity index (χ0n) is 23.0. The molecule has 1 aliphatic heterocycles. The maximum absolute atomic E-state index is 11.4. The highest BCUT2D eigenvalue weighted by Crippen LogP contribution is 2.40. The van der Waals surface area contributed by atoms with Crippen LogP contribution in [-0.4, -0.2) is 81.1 Å². The number of hydrogen-bond donors (Lipinski definition) is 3. The fourth-order valence-corrected chi connectivity index (χ4v) is 11.0. The fourth-order valence-electron chi connectivity index (χ4n) is 5.87. The summed E-state index contributed by atoms with van der Waals surface area (Å²) in [6.07, 6.45) is -0.103. The van der Waals surface area contributed by atoms with Crippen LogP contribution in [0.1, 0.15) is 51.6 Å². The van der Waals surface area contributed by atoms with E-state index in [2.05, 4.69) is 96.7 Å². The minimum atomic E-state index is -2.82. The van der Waals surface area contributed by atoms with E-state index in [-0.39, 0.29) is 11.6 Å². The van der Waals surface area contributed by atoms with Crippen LogP contribution in [0.25, 0.3) is 0 Å². The highest BCUT2D eigenvalue weighted by molar-refractivity contribution is 7.80. The maximum Gasteiger partial charge on any atom is 0.261 e. The van der Waals surface area contributed by atoms with Crippen LogP contribution in [0.3, 0.4) is 0 Å². The number of aliphatic hydroxyl groups is 2. The Hall–Kier alpha value is -2.08. The lowest BCUT2D eigenvalue weighted by atomic mass is 10.0. The number of nitrogens with zero attached hydrogens (tertiary/aromatic N) is 5. The Balaban J connectivity index is 1.73. The van der Waals surface area contributed by atoms with Crippen molar-refractivity contribution in [2.45, 2.75) is 75.1 Å². The Labute approximate surface area is 232 Å². The van der Waals surface area contributed by atoms with Gasteiger partial charge in [-0.05, 0) is 38.8 Å².